The van der Waals surface area contributed by atoms with Crippen molar-refractivity contribution in [1.82, 2.24) is 9.88 Å². The van der Waals surface area contributed by atoms with Gasteiger partial charge in [-0.15, -0.1) is 0 Å². The summed E-state index contributed by atoms with van der Waals surface area (Å²) in [4.78, 5) is 17.3. The Bertz CT molecular complexity index is 679. The van der Waals surface area contributed by atoms with Gasteiger partial charge in [-0.1, -0.05) is 32.0 Å². The van der Waals surface area contributed by atoms with Crippen LogP contribution in [0.25, 0.3) is 16.5 Å². The molecule has 1 aliphatic heterocycles. The van der Waals surface area contributed by atoms with Crippen molar-refractivity contribution in [2.45, 2.75) is 20.3 Å². The van der Waals surface area contributed by atoms with Crippen LogP contribution >= 0.6 is 0 Å². The Morgan fingerprint density at radius 3 is 2.74 bits per heavy atom. The lowest BCUT2D eigenvalue weighted by atomic mass is 9.97. The van der Waals surface area contributed by atoms with E-state index in [1.54, 1.807) is 4.90 Å². The van der Waals surface area contributed by atoms with Gasteiger partial charge in [0.2, 0.25) is 5.91 Å². The van der Waals surface area contributed by atoms with Crippen molar-refractivity contribution in [3.8, 4) is 0 Å². The fraction of sp³-hybridized carbons (Fsp3) is 0.312. The Balaban J connectivity index is 2.30. The number of aromatic amines is 1. The number of hydrogen-bond donors (Lipinski definition) is 1. The number of para-hydroxylation sites is 1. The van der Waals surface area contributed by atoms with Crippen molar-refractivity contribution < 1.29 is 4.79 Å². The number of nitrogens with zero attached hydrogens (tertiary/aromatic N) is 1. The summed E-state index contributed by atoms with van der Waals surface area (Å²) in [6.45, 7) is 4.31. The maximum Gasteiger partial charge on any atom is 0.230 e. The first-order valence-corrected chi connectivity index (χ1v) is 6.65. The second-order valence-electron chi connectivity index (χ2n) is 5.44. The zero-order valence-electron chi connectivity index (χ0n) is 11.5. The molecule has 3 rings (SSSR count). The molecule has 0 saturated carbocycles. The van der Waals surface area contributed by atoms with E-state index in [0.717, 1.165) is 22.2 Å². The molecular weight excluding hydrogens is 236 g/mol. The van der Waals surface area contributed by atoms with E-state index in [1.807, 2.05) is 25.4 Å². The largest absolute Gasteiger partial charge is 0.354 e. The van der Waals surface area contributed by atoms with E-state index in [0.29, 0.717) is 12.3 Å². The van der Waals surface area contributed by atoms with Gasteiger partial charge in [0.05, 0.1) is 6.42 Å². The summed E-state index contributed by atoms with van der Waals surface area (Å²) in [6.07, 6.45) is 2.43. The van der Waals surface area contributed by atoms with Gasteiger partial charge in [-0.05, 0) is 23.1 Å². The Morgan fingerprint density at radius 1 is 1.26 bits per heavy atom. The lowest BCUT2D eigenvalue weighted by molar-refractivity contribution is -0.126. The molecule has 0 saturated heterocycles. The van der Waals surface area contributed by atoms with Crippen LogP contribution < -0.4 is 0 Å². The summed E-state index contributed by atoms with van der Waals surface area (Å²) in [5, 5.41) is 1.16. The number of hydrogen-bond acceptors (Lipinski definition) is 1. The third-order valence-electron chi connectivity index (χ3n) is 3.78. The number of aromatic nitrogens is 1. The highest BCUT2D eigenvalue weighted by Gasteiger charge is 2.24. The number of nitrogens with one attached hydrogen (secondary N) is 1. The van der Waals surface area contributed by atoms with Gasteiger partial charge in [0, 0.05) is 29.8 Å². The number of benzene rings is 1. The SMILES string of the molecule is CC(C)C1=CN(C)C(=O)Cc2c1[nH]c1ccccc21. The lowest BCUT2D eigenvalue weighted by Gasteiger charge is -2.13. The number of amides is 1. The van der Waals surface area contributed by atoms with Gasteiger partial charge < -0.3 is 9.88 Å². The fourth-order valence-electron chi connectivity index (χ4n) is 2.69. The van der Waals surface area contributed by atoms with Crippen molar-refractivity contribution in [1.29, 1.82) is 0 Å². The first-order chi connectivity index (χ1) is 9.08. The monoisotopic (exact) mass is 254 g/mol. The maximum atomic E-state index is 12.2. The number of carbonyl (C=O) groups excluding carboxylic acids is 1. The molecule has 0 fully saturated rings. The van der Waals surface area contributed by atoms with Crippen LogP contribution in [0.3, 0.4) is 0 Å². The van der Waals surface area contributed by atoms with Gasteiger partial charge in [-0.2, -0.15) is 0 Å². The first kappa shape index (κ1) is 12.0. The molecule has 0 atom stereocenters. The average molecular weight is 254 g/mol. The van der Waals surface area contributed by atoms with Crippen molar-refractivity contribution >= 4 is 22.4 Å². The fourth-order valence-corrected chi connectivity index (χ4v) is 2.69. The van der Waals surface area contributed by atoms with Gasteiger partial charge in [-0.3, -0.25) is 4.79 Å². The second-order valence-corrected chi connectivity index (χ2v) is 5.44. The Labute approximate surface area is 112 Å². The van der Waals surface area contributed by atoms with Crippen LogP contribution in [-0.4, -0.2) is 22.8 Å². The number of allylic oxidation sites excluding steroid dienone is 1. The van der Waals surface area contributed by atoms with Crippen LogP contribution in [0.5, 0.6) is 0 Å². The van der Waals surface area contributed by atoms with E-state index in [-0.39, 0.29) is 5.91 Å². The molecule has 0 unspecified atom stereocenters. The third-order valence-corrected chi connectivity index (χ3v) is 3.78. The van der Waals surface area contributed by atoms with Gasteiger partial charge in [0.1, 0.15) is 0 Å². The van der Waals surface area contributed by atoms with E-state index >= 15 is 0 Å². The van der Waals surface area contributed by atoms with E-state index in [9.17, 15) is 4.79 Å². The van der Waals surface area contributed by atoms with Crippen LogP contribution in [0.15, 0.2) is 30.5 Å². The molecule has 1 aromatic carbocycles. The summed E-state index contributed by atoms with van der Waals surface area (Å²) in [5.41, 5.74) is 4.55. The third kappa shape index (κ3) is 1.86. The summed E-state index contributed by atoms with van der Waals surface area (Å²) in [6, 6.07) is 8.19. The van der Waals surface area contributed by atoms with Gasteiger partial charge in [0.25, 0.3) is 0 Å². The molecule has 0 spiro atoms. The average Bonchev–Trinajstić information content (AvgIpc) is 2.68. The number of rotatable bonds is 1. The maximum absolute atomic E-state index is 12.2. The summed E-state index contributed by atoms with van der Waals surface area (Å²) in [5.74, 6) is 0.516. The van der Waals surface area contributed by atoms with Crippen molar-refractivity contribution in [2.75, 3.05) is 7.05 Å². The van der Waals surface area contributed by atoms with E-state index < -0.39 is 0 Å². The molecular formula is C16H18N2O. The molecule has 1 aromatic heterocycles. The van der Waals surface area contributed by atoms with Crippen LogP contribution in [-0.2, 0) is 11.2 Å². The van der Waals surface area contributed by atoms with Crippen LogP contribution in [0.1, 0.15) is 25.1 Å². The predicted octanol–water partition coefficient (Wildman–Crippen LogP) is 3.18. The van der Waals surface area contributed by atoms with Crippen molar-refractivity contribution in [2.24, 2.45) is 5.92 Å². The highest BCUT2D eigenvalue weighted by atomic mass is 16.2. The number of fused-ring (bicyclic) bond motifs is 3. The Morgan fingerprint density at radius 2 is 2.00 bits per heavy atom. The standard InChI is InChI=1S/C16H18N2O/c1-10(2)13-9-18(3)15(19)8-12-11-6-4-5-7-14(11)17-16(12)13/h4-7,9-10,17H,8H2,1-3H3. The Kier molecular flexibility index (Phi) is 2.70. The molecule has 19 heavy (non-hydrogen) atoms. The quantitative estimate of drug-likeness (QED) is 0.833. The van der Waals surface area contributed by atoms with Crippen LogP contribution in [0, 0.1) is 5.92 Å². The molecule has 0 radical (unpaired) electrons. The van der Waals surface area contributed by atoms with Crippen molar-refractivity contribution in [3.63, 3.8) is 0 Å². The molecule has 2 aromatic rings. The molecule has 1 aliphatic rings. The summed E-state index contributed by atoms with van der Waals surface area (Å²) in [7, 11) is 1.83. The first-order valence-electron chi connectivity index (χ1n) is 6.65. The zero-order valence-corrected chi connectivity index (χ0v) is 11.5. The normalized spacial score (nSPS) is 15.7. The summed E-state index contributed by atoms with van der Waals surface area (Å²) < 4.78 is 0. The Hall–Kier alpha value is -2.03. The van der Waals surface area contributed by atoms with Crippen molar-refractivity contribution in [3.05, 3.63) is 41.7 Å². The minimum absolute atomic E-state index is 0.140. The topological polar surface area (TPSA) is 36.1 Å². The number of carbonyl (C=O) groups is 1. The molecule has 1 N–H and O–H groups in total. The molecule has 0 aliphatic carbocycles. The van der Waals surface area contributed by atoms with Crippen LogP contribution in [0.4, 0.5) is 0 Å². The minimum Gasteiger partial charge on any atom is -0.354 e. The lowest BCUT2D eigenvalue weighted by Crippen LogP contribution is -2.21. The smallest absolute Gasteiger partial charge is 0.230 e. The zero-order chi connectivity index (χ0) is 13.6. The van der Waals surface area contributed by atoms with Gasteiger partial charge in [-0.25, -0.2) is 0 Å². The summed E-state index contributed by atoms with van der Waals surface area (Å²) >= 11 is 0. The van der Waals surface area contributed by atoms with Gasteiger partial charge >= 0.3 is 0 Å². The number of likely N-dealkylation sites (N-methyl/N-ethyl adjacent to an activating group) is 1. The highest BCUT2D eigenvalue weighted by molar-refractivity contribution is 5.96. The van der Waals surface area contributed by atoms with E-state index in [4.69, 9.17) is 0 Å². The molecule has 98 valence electrons. The predicted molar refractivity (Wildman–Crippen MR) is 77.6 cm³/mol. The molecule has 3 nitrogen and oxygen atoms in total. The second kappa shape index (κ2) is 4.26. The number of H-pyrrole nitrogens is 1. The van der Waals surface area contributed by atoms with E-state index in [1.165, 1.54) is 5.57 Å². The van der Waals surface area contributed by atoms with Crippen LogP contribution in [0.2, 0.25) is 0 Å². The minimum atomic E-state index is 0.140. The van der Waals surface area contributed by atoms with Gasteiger partial charge in [0.15, 0.2) is 0 Å². The molecule has 0 bridgehead atoms. The molecule has 1 amide bonds. The van der Waals surface area contributed by atoms with E-state index in [2.05, 4.69) is 31.0 Å². The molecule has 3 heteroatoms. The molecule has 2 heterocycles. The highest BCUT2D eigenvalue weighted by Crippen LogP contribution is 2.33.